The van der Waals surface area contributed by atoms with E-state index in [0.717, 1.165) is 32.9 Å². The van der Waals surface area contributed by atoms with Crippen LogP contribution in [0.2, 0.25) is 0 Å². The first-order valence-corrected chi connectivity index (χ1v) is 12.2. The van der Waals surface area contributed by atoms with E-state index >= 15 is 0 Å². The lowest BCUT2D eigenvalue weighted by atomic mass is 10.1. The summed E-state index contributed by atoms with van der Waals surface area (Å²) in [6, 6.07) is 12.2. The number of urea groups is 1. The molecule has 0 radical (unpaired) electrons. The van der Waals surface area contributed by atoms with E-state index < -0.39 is 10.0 Å². The number of aromatic nitrogens is 1. The van der Waals surface area contributed by atoms with Crippen molar-refractivity contribution in [3.8, 4) is 0 Å². The second-order valence-corrected chi connectivity index (χ2v) is 10.6. The van der Waals surface area contributed by atoms with Crippen LogP contribution in [0.3, 0.4) is 0 Å². The molecule has 3 aromatic rings. The second kappa shape index (κ2) is 8.41. The van der Waals surface area contributed by atoms with Gasteiger partial charge in [0.2, 0.25) is 10.0 Å². The molecule has 4 rings (SSSR count). The fraction of sp³-hybridized carbons (Fsp3) is 0.273. The van der Waals surface area contributed by atoms with Crippen molar-refractivity contribution in [3.63, 3.8) is 0 Å². The first kappa shape index (κ1) is 21.5. The molecule has 162 valence electrons. The SMILES string of the molecule is Cc1ccc(S(=O)(=O)N2CCc3nc(NC(=O)Nc4cccc(C)c4C)sc3C2)cc1. The number of fused-ring (bicyclic) bond motifs is 1. The minimum atomic E-state index is -3.57. The number of hydrogen-bond acceptors (Lipinski definition) is 5. The summed E-state index contributed by atoms with van der Waals surface area (Å²) in [4.78, 5) is 18.1. The van der Waals surface area contributed by atoms with Gasteiger partial charge >= 0.3 is 6.03 Å². The predicted octanol–water partition coefficient (Wildman–Crippen LogP) is 4.46. The van der Waals surface area contributed by atoms with Gasteiger partial charge in [-0.3, -0.25) is 5.32 Å². The van der Waals surface area contributed by atoms with E-state index in [9.17, 15) is 13.2 Å². The molecule has 0 saturated carbocycles. The van der Waals surface area contributed by atoms with E-state index in [4.69, 9.17) is 0 Å². The zero-order valence-electron chi connectivity index (χ0n) is 17.6. The summed E-state index contributed by atoms with van der Waals surface area (Å²) in [7, 11) is -3.57. The fourth-order valence-electron chi connectivity index (χ4n) is 3.43. The lowest BCUT2D eigenvalue weighted by molar-refractivity contribution is 0.262. The van der Waals surface area contributed by atoms with Crippen LogP contribution in [0.4, 0.5) is 15.6 Å². The monoisotopic (exact) mass is 456 g/mol. The van der Waals surface area contributed by atoms with Crippen LogP contribution >= 0.6 is 11.3 Å². The molecule has 2 heterocycles. The number of nitrogens with zero attached hydrogens (tertiary/aromatic N) is 2. The fourth-order valence-corrected chi connectivity index (χ4v) is 5.94. The van der Waals surface area contributed by atoms with Crippen LogP contribution in [0, 0.1) is 20.8 Å². The summed E-state index contributed by atoms with van der Waals surface area (Å²) in [5.41, 5.74) is 4.69. The van der Waals surface area contributed by atoms with Gasteiger partial charge in [0.05, 0.1) is 17.1 Å². The van der Waals surface area contributed by atoms with Crippen LogP contribution < -0.4 is 10.6 Å². The molecule has 0 aliphatic carbocycles. The van der Waals surface area contributed by atoms with Crippen molar-refractivity contribution in [2.24, 2.45) is 0 Å². The van der Waals surface area contributed by atoms with Gasteiger partial charge in [-0.25, -0.2) is 18.2 Å². The molecule has 2 aromatic carbocycles. The van der Waals surface area contributed by atoms with Crippen molar-refractivity contribution in [2.75, 3.05) is 17.2 Å². The molecule has 2 amide bonds. The number of hydrogen-bond donors (Lipinski definition) is 2. The maximum Gasteiger partial charge on any atom is 0.325 e. The molecule has 0 unspecified atom stereocenters. The Labute approximate surface area is 186 Å². The van der Waals surface area contributed by atoms with Crippen molar-refractivity contribution in [3.05, 3.63) is 69.7 Å². The van der Waals surface area contributed by atoms with Gasteiger partial charge in [0.25, 0.3) is 0 Å². The summed E-state index contributed by atoms with van der Waals surface area (Å²) < 4.78 is 27.4. The Morgan fingerprint density at radius 3 is 2.55 bits per heavy atom. The Kier molecular flexibility index (Phi) is 5.83. The average Bonchev–Trinajstić information content (AvgIpc) is 3.13. The summed E-state index contributed by atoms with van der Waals surface area (Å²) in [5.74, 6) is 0. The van der Waals surface area contributed by atoms with Crippen LogP contribution in [-0.4, -0.2) is 30.3 Å². The van der Waals surface area contributed by atoms with Crippen LogP contribution in [0.25, 0.3) is 0 Å². The number of amides is 2. The van der Waals surface area contributed by atoms with E-state index in [0.29, 0.717) is 18.1 Å². The molecule has 0 fully saturated rings. The smallest absolute Gasteiger partial charge is 0.307 e. The Balaban J connectivity index is 1.46. The topological polar surface area (TPSA) is 91.4 Å². The predicted molar refractivity (Wildman–Crippen MR) is 123 cm³/mol. The minimum absolute atomic E-state index is 0.253. The number of aryl methyl sites for hydroxylation is 2. The lowest BCUT2D eigenvalue weighted by Gasteiger charge is -2.25. The maximum absolute atomic E-state index is 13.0. The third-order valence-corrected chi connectivity index (χ3v) is 8.29. The quantitative estimate of drug-likeness (QED) is 0.606. The average molecular weight is 457 g/mol. The molecule has 0 saturated heterocycles. The van der Waals surface area contributed by atoms with Crippen molar-refractivity contribution in [1.29, 1.82) is 0 Å². The summed E-state index contributed by atoms with van der Waals surface area (Å²) >= 11 is 1.31. The number of nitrogens with one attached hydrogen (secondary N) is 2. The minimum Gasteiger partial charge on any atom is -0.307 e. The summed E-state index contributed by atoms with van der Waals surface area (Å²) in [5, 5.41) is 6.08. The first-order chi connectivity index (χ1) is 14.7. The summed E-state index contributed by atoms with van der Waals surface area (Å²) in [6.07, 6.45) is 0.511. The lowest BCUT2D eigenvalue weighted by Crippen LogP contribution is -2.35. The number of carbonyl (C=O) groups excluding carboxylic acids is 1. The number of sulfonamides is 1. The van der Waals surface area contributed by atoms with Crippen molar-refractivity contribution in [1.82, 2.24) is 9.29 Å². The zero-order chi connectivity index (χ0) is 22.2. The number of carbonyl (C=O) groups is 1. The van der Waals surface area contributed by atoms with Crippen molar-refractivity contribution in [2.45, 2.75) is 38.6 Å². The van der Waals surface area contributed by atoms with E-state index in [1.54, 1.807) is 24.3 Å². The highest BCUT2D eigenvalue weighted by Crippen LogP contribution is 2.31. The molecule has 0 atom stereocenters. The van der Waals surface area contributed by atoms with Crippen LogP contribution in [0.5, 0.6) is 0 Å². The van der Waals surface area contributed by atoms with Gasteiger partial charge in [0, 0.05) is 23.5 Å². The standard InChI is InChI=1S/C22H24N4O3S2/c1-14-7-9-17(10-8-14)31(28,29)26-12-11-19-20(13-26)30-22(24-19)25-21(27)23-18-6-4-5-15(2)16(18)3/h4-10H,11-13H2,1-3H3,(H2,23,24,25,27). The highest BCUT2D eigenvalue weighted by molar-refractivity contribution is 7.89. The van der Waals surface area contributed by atoms with E-state index in [1.165, 1.54) is 15.6 Å². The molecule has 7 nitrogen and oxygen atoms in total. The van der Waals surface area contributed by atoms with Crippen molar-refractivity contribution >= 4 is 38.2 Å². The van der Waals surface area contributed by atoms with Crippen LogP contribution in [-0.2, 0) is 23.0 Å². The molecular weight excluding hydrogens is 432 g/mol. The molecule has 0 bridgehead atoms. The van der Waals surface area contributed by atoms with Gasteiger partial charge in [-0.1, -0.05) is 41.2 Å². The highest BCUT2D eigenvalue weighted by atomic mass is 32.2. The zero-order valence-corrected chi connectivity index (χ0v) is 19.2. The van der Waals surface area contributed by atoms with Gasteiger partial charge < -0.3 is 5.32 Å². The van der Waals surface area contributed by atoms with E-state index in [2.05, 4.69) is 15.6 Å². The Morgan fingerprint density at radius 1 is 1.06 bits per heavy atom. The molecule has 1 aromatic heterocycles. The Hall–Kier alpha value is -2.75. The number of rotatable bonds is 4. The number of thiazole rings is 1. The largest absolute Gasteiger partial charge is 0.325 e. The molecule has 31 heavy (non-hydrogen) atoms. The third-order valence-electron chi connectivity index (χ3n) is 5.43. The molecule has 2 N–H and O–H groups in total. The van der Waals surface area contributed by atoms with Gasteiger partial charge in [-0.2, -0.15) is 4.31 Å². The van der Waals surface area contributed by atoms with Gasteiger partial charge in [0.15, 0.2) is 5.13 Å². The first-order valence-electron chi connectivity index (χ1n) is 9.93. The van der Waals surface area contributed by atoms with Gasteiger partial charge in [-0.05, 0) is 50.1 Å². The summed E-state index contributed by atoms with van der Waals surface area (Å²) in [6.45, 7) is 6.48. The van der Waals surface area contributed by atoms with Crippen LogP contribution in [0.1, 0.15) is 27.3 Å². The highest BCUT2D eigenvalue weighted by Gasteiger charge is 2.30. The van der Waals surface area contributed by atoms with E-state index in [-0.39, 0.29) is 17.5 Å². The Bertz CT molecular complexity index is 1230. The number of anilines is 2. The molecule has 1 aliphatic heterocycles. The van der Waals surface area contributed by atoms with Crippen molar-refractivity contribution < 1.29 is 13.2 Å². The molecule has 9 heteroatoms. The maximum atomic E-state index is 13.0. The molecular formula is C22H24N4O3S2. The number of benzene rings is 2. The normalized spacial score (nSPS) is 14.2. The second-order valence-electron chi connectivity index (χ2n) is 7.62. The van der Waals surface area contributed by atoms with Gasteiger partial charge in [0.1, 0.15) is 0 Å². The van der Waals surface area contributed by atoms with E-state index in [1.807, 2.05) is 39.0 Å². The van der Waals surface area contributed by atoms with Crippen LogP contribution in [0.15, 0.2) is 47.4 Å². The van der Waals surface area contributed by atoms with Gasteiger partial charge in [-0.15, -0.1) is 0 Å². The molecule has 1 aliphatic rings. The Morgan fingerprint density at radius 2 is 1.81 bits per heavy atom. The third kappa shape index (κ3) is 4.48. The molecule has 0 spiro atoms.